The number of sulfonamides is 1. The number of nitrogens with zero attached hydrogens (tertiary/aromatic N) is 4. The molecule has 0 bridgehead atoms. The van der Waals surface area contributed by atoms with E-state index in [1.807, 2.05) is 38.1 Å². The summed E-state index contributed by atoms with van der Waals surface area (Å²) in [5.74, 6) is -0.260. The van der Waals surface area contributed by atoms with Crippen LogP contribution in [0.25, 0.3) is 10.2 Å². The van der Waals surface area contributed by atoms with Crippen LogP contribution in [-0.4, -0.2) is 41.7 Å². The number of carbonyl (C=O) groups is 1. The highest BCUT2D eigenvalue weighted by molar-refractivity contribution is 7.89. The Morgan fingerprint density at radius 3 is 2.37 bits per heavy atom. The number of pyridine rings is 1. The van der Waals surface area contributed by atoms with E-state index in [4.69, 9.17) is 4.98 Å². The second kappa shape index (κ2) is 9.14. The maximum Gasteiger partial charge on any atom is 0.260 e. The smallest absolute Gasteiger partial charge is 0.260 e. The first-order valence-electron chi connectivity index (χ1n) is 11.4. The standard InChI is InChI=1S/C26H26N4O3S2/c1-17-7-8-18(2)24-23(17)28-26(34-24)30(16-20-6-4-5-15-27-20)25(31)19-9-13-22(14-10-19)35(32,33)29(3)21-11-12-21/h4-10,13-15,21H,11-12,16H2,1-3H3. The van der Waals surface area contributed by atoms with Crippen LogP contribution in [0.4, 0.5) is 5.13 Å². The SMILES string of the molecule is Cc1ccc(C)c2sc(N(Cc3ccccn3)C(=O)c3ccc(S(=O)(=O)N(C)C4CC4)cc3)nc12. The van der Waals surface area contributed by atoms with Crippen molar-refractivity contribution < 1.29 is 13.2 Å². The van der Waals surface area contributed by atoms with Crippen LogP contribution in [0.1, 0.15) is 40.0 Å². The van der Waals surface area contributed by atoms with E-state index >= 15 is 0 Å². The topological polar surface area (TPSA) is 83.5 Å². The number of carbonyl (C=O) groups excluding carboxylic acids is 1. The first-order valence-corrected chi connectivity index (χ1v) is 13.7. The lowest BCUT2D eigenvalue weighted by Crippen LogP contribution is -2.31. The van der Waals surface area contributed by atoms with Gasteiger partial charge in [-0.2, -0.15) is 4.31 Å². The minimum atomic E-state index is -3.58. The average Bonchev–Trinajstić information content (AvgIpc) is 3.62. The van der Waals surface area contributed by atoms with Crippen molar-refractivity contribution in [1.82, 2.24) is 14.3 Å². The number of fused-ring (bicyclic) bond motifs is 1. The molecule has 35 heavy (non-hydrogen) atoms. The number of hydrogen-bond donors (Lipinski definition) is 0. The Bertz CT molecular complexity index is 1460. The number of aryl methyl sites for hydroxylation is 2. The van der Waals surface area contributed by atoms with Crippen molar-refractivity contribution >= 4 is 42.6 Å². The van der Waals surface area contributed by atoms with Gasteiger partial charge in [0.1, 0.15) is 0 Å². The second-order valence-corrected chi connectivity index (χ2v) is 11.8. The van der Waals surface area contributed by atoms with E-state index in [-0.39, 0.29) is 23.4 Å². The molecule has 1 amide bonds. The molecule has 0 spiro atoms. The van der Waals surface area contributed by atoms with Gasteiger partial charge in [0, 0.05) is 24.8 Å². The van der Waals surface area contributed by atoms with Gasteiger partial charge in [-0.25, -0.2) is 13.4 Å². The summed E-state index contributed by atoms with van der Waals surface area (Å²) < 4.78 is 28.2. The Kier molecular flexibility index (Phi) is 6.16. The fourth-order valence-corrected chi connectivity index (χ4v) is 6.49. The van der Waals surface area contributed by atoms with Crippen molar-refractivity contribution in [3.63, 3.8) is 0 Å². The average molecular weight is 507 g/mol. The van der Waals surface area contributed by atoms with Crippen molar-refractivity contribution in [3.05, 3.63) is 83.2 Å². The van der Waals surface area contributed by atoms with Gasteiger partial charge in [0.15, 0.2) is 5.13 Å². The van der Waals surface area contributed by atoms with Gasteiger partial charge in [-0.1, -0.05) is 29.5 Å². The molecule has 2 heterocycles. The van der Waals surface area contributed by atoms with E-state index < -0.39 is 10.0 Å². The molecule has 2 aromatic heterocycles. The van der Waals surface area contributed by atoms with E-state index in [1.165, 1.54) is 27.8 Å². The van der Waals surface area contributed by atoms with Crippen LogP contribution in [0.5, 0.6) is 0 Å². The molecule has 1 saturated carbocycles. The van der Waals surface area contributed by atoms with E-state index in [0.717, 1.165) is 39.9 Å². The lowest BCUT2D eigenvalue weighted by atomic mass is 10.1. The fourth-order valence-electron chi connectivity index (χ4n) is 3.97. The highest BCUT2D eigenvalue weighted by Crippen LogP contribution is 2.35. The summed E-state index contributed by atoms with van der Waals surface area (Å²) in [4.78, 5) is 24.7. The third kappa shape index (κ3) is 4.59. The molecule has 0 radical (unpaired) electrons. The summed E-state index contributed by atoms with van der Waals surface area (Å²) in [5, 5.41) is 0.582. The normalized spacial score (nSPS) is 13.9. The summed E-state index contributed by atoms with van der Waals surface area (Å²) in [6.07, 6.45) is 3.46. The Morgan fingerprint density at radius 1 is 1.03 bits per heavy atom. The van der Waals surface area contributed by atoms with Gasteiger partial charge >= 0.3 is 0 Å². The van der Waals surface area contributed by atoms with Crippen LogP contribution in [0.2, 0.25) is 0 Å². The zero-order chi connectivity index (χ0) is 24.7. The fraction of sp³-hybridized carbons (Fsp3) is 0.269. The van der Waals surface area contributed by atoms with Crippen molar-refractivity contribution in [2.75, 3.05) is 11.9 Å². The maximum atomic E-state index is 13.7. The van der Waals surface area contributed by atoms with Gasteiger partial charge in [0.05, 0.1) is 27.4 Å². The number of benzene rings is 2. The van der Waals surface area contributed by atoms with E-state index in [0.29, 0.717) is 10.7 Å². The molecular formula is C26H26N4O3S2. The van der Waals surface area contributed by atoms with Crippen molar-refractivity contribution in [2.24, 2.45) is 0 Å². The van der Waals surface area contributed by atoms with E-state index in [1.54, 1.807) is 30.3 Å². The minimum Gasteiger partial charge on any atom is -0.278 e. The van der Waals surface area contributed by atoms with Gasteiger partial charge in [-0.15, -0.1) is 0 Å². The summed E-state index contributed by atoms with van der Waals surface area (Å²) in [5.41, 5.74) is 4.16. The summed E-state index contributed by atoms with van der Waals surface area (Å²) in [6, 6.07) is 15.9. The maximum absolute atomic E-state index is 13.7. The lowest BCUT2D eigenvalue weighted by molar-refractivity contribution is 0.0984. The lowest BCUT2D eigenvalue weighted by Gasteiger charge is -2.20. The number of anilines is 1. The molecule has 1 fully saturated rings. The predicted molar refractivity (Wildman–Crippen MR) is 138 cm³/mol. The monoisotopic (exact) mass is 506 g/mol. The van der Waals surface area contributed by atoms with E-state index in [9.17, 15) is 13.2 Å². The molecule has 9 heteroatoms. The second-order valence-electron chi connectivity index (χ2n) is 8.86. The van der Waals surface area contributed by atoms with Crippen molar-refractivity contribution in [1.29, 1.82) is 0 Å². The Morgan fingerprint density at radius 2 is 1.74 bits per heavy atom. The number of amides is 1. The summed E-state index contributed by atoms with van der Waals surface area (Å²) in [7, 11) is -1.97. The number of hydrogen-bond acceptors (Lipinski definition) is 6. The zero-order valence-corrected chi connectivity index (χ0v) is 21.4. The van der Waals surface area contributed by atoms with Crippen molar-refractivity contribution in [2.45, 2.75) is 44.2 Å². The minimum absolute atomic E-state index is 0.0705. The highest BCUT2D eigenvalue weighted by Gasteiger charge is 2.35. The largest absolute Gasteiger partial charge is 0.278 e. The molecule has 7 nitrogen and oxygen atoms in total. The van der Waals surface area contributed by atoms with Crippen LogP contribution >= 0.6 is 11.3 Å². The Labute approximate surface area is 209 Å². The van der Waals surface area contributed by atoms with E-state index in [2.05, 4.69) is 11.1 Å². The Hall–Kier alpha value is -3.14. The molecule has 1 aliphatic rings. The van der Waals surface area contributed by atoms with Gasteiger partial charge < -0.3 is 0 Å². The molecule has 2 aromatic carbocycles. The predicted octanol–water partition coefficient (Wildman–Crippen LogP) is 4.94. The number of thiazole rings is 1. The molecule has 4 aromatic rings. The van der Waals surface area contributed by atoms with Crippen LogP contribution < -0.4 is 4.90 Å². The molecule has 1 aliphatic carbocycles. The number of rotatable bonds is 7. The highest BCUT2D eigenvalue weighted by atomic mass is 32.2. The van der Waals surface area contributed by atoms with Gasteiger partial charge in [-0.05, 0) is 74.2 Å². The van der Waals surface area contributed by atoms with Crippen molar-refractivity contribution in [3.8, 4) is 0 Å². The van der Waals surface area contributed by atoms with Gasteiger partial charge in [-0.3, -0.25) is 14.7 Å². The third-order valence-corrected chi connectivity index (χ3v) is 9.43. The molecule has 0 saturated heterocycles. The van der Waals surface area contributed by atoms with Crippen LogP contribution in [0.15, 0.2) is 65.7 Å². The van der Waals surface area contributed by atoms with Crippen LogP contribution in [-0.2, 0) is 16.6 Å². The quantitative estimate of drug-likeness (QED) is 0.355. The first-order chi connectivity index (χ1) is 16.8. The molecular weight excluding hydrogens is 480 g/mol. The molecule has 180 valence electrons. The molecule has 0 aliphatic heterocycles. The third-order valence-electron chi connectivity index (χ3n) is 6.29. The summed E-state index contributed by atoms with van der Waals surface area (Å²) >= 11 is 1.47. The number of aromatic nitrogens is 2. The van der Waals surface area contributed by atoms with Gasteiger partial charge in [0.2, 0.25) is 10.0 Å². The molecule has 5 rings (SSSR count). The zero-order valence-electron chi connectivity index (χ0n) is 19.8. The van der Waals surface area contributed by atoms with Crippen LogP contribution in [0, 0.1) is 13.8 Å². The summed E-state index contributed by atoms with van der Waals surface area (Å²) in [6.45, 7) is 4.29. The molecule has 0 N–H and O–H groups in total. The van der Waals surface area contributed by atoms with Crippen LogP contribution in [0.3, 0.4) is 0 Å². The Balaban J connectivity index is 1.51. The molecule has 0 atom stereocenters. The molecule has 0 unspecified atom stereocenters. The van der Waals surface area contributed by atoms with Gasteiger partial charge in [0.25, 0.3) is 5.91 Å². The first kappa shape index (κ1) is 23.6.